The Hall–Kier alpha value is -2.53. The maximum atomic E-state index is 11.0. The van der Waals surface area contributed by atoms with Gasteiger partial charge in [0.2, 0.25) is 0 Å². The Kier molecular flexibility index (Phi) is 5.49. The Morgan fingerprint density at radius 3 is 1.93 bits per heavy atom. The van der Waals surface area contributed by atoms with Crippen LogP contribution in [0.5, 0.6) is 23.0 Å². The van der Waals surface area contributed by atoms with E-state index in [4.69, 9.17) is 23.5 Å². The number of phenols is 1. The second-order valence-corrected chi connectivity index (χ2v) is 8.21. The van der Waals surface area contributed by atoms with E-state index in [1.165, 1.54) is 20.3 Å². The van der Waals surface area contributed by atoms with Crippen molar-refractivity contribution in [1.82, 2.24) is 0 Å². The first-order valence-corrected chi connectivity index (χ1v) is 10.6. The van der Waals surface area contributed by atoms with E-state index in [9.17, 15) is 13.5 Å². The standard InChI is InChI=1S/C20H22O9S/c1-25-17-7-11(3-5-15(17)21)19-13-9-28-20(14(13)10-27-19)12-4-6-16(18(8-12)26-2)29-30(22,23)24/h3-8,13-14,19-21H,9-10H2,1-2H3,(H,22,23,24)/t13-,14-,19+,20+/m0/s1. The molecule has 0 amide bonds. The number of hydrogen-bond donors (Lipinski definition) is 2. The number of hydrogen-bond acceptors (Lipinski definition) is 8. The van der Waals surface area contributed by atoms with E-state index in [1.807, 2.05) is 6.07 Å². The van der Waals surface area contributed by atoms with Crippen LogP contribution in [0.2, 0.25) is 0 Å². The molecule has 2 aliphatic heterocycles. The first-order chi connectivity index (χ1) is 14.3. The van der Waals surface area contributed by atoms with Gasteiger partial charge in [0, 0.05) is 11.8 Å². The summed E-state index contributed by atoms with van der Waals surface area (Å²) in [5, 5.41) is 9.83. The molecule has 0 spiro atoms. The third-order valence-electron chi connectivity index (χ3n) is 5.51. The number of aromatic hydroxyl groups is 1. The van der Waals surface area contributed by atoms with Crippen molar-refractivity contribution in [3.63, 3.8) is 0 Å². The summed E-state index contributed by atoms with van der Waals surface area (Å²) >= 11 is 0. The Morgan fingerprint density at radius 1 is 0.867 bits per heavy atom. The smallest absolute Gasteiger partial charge is 0.446 e. The van der Waals surface area contributed by atoms with E-state index in [0.717, 1.165) is 11.1 Å². The van der Waals surface area contributed by atoms with Gasteiger partial charge in [-0.2, -0.15) is 8.42 Å². The van der Waals surface area contributed by atoms with Gasteiger partial charge in [0.25, 0.3) is 0 Å². The molecule has 2 heterocycles. The minimum absolute atomic E-state index is 0.0654. The Balaban J connectivity index is 1.56. The lowest BCUT2D eigenvalue weighted by Crippen LogP contribution is -2.15. The quantitative estimate of drug-likeness (QED) is 0.656. The van der Waals surface area contributed by atoms with Crippen LogP contribution >= 0.6 is 0 Å². The van der Waals surface area contributed by atoms with Crippen molar-refractivity contribution in [3.8, 4) is 23.0 Å². The normalized spacial score (nSPS) is 25.7. The van der Waals surface area contributed by atoms with Crippen LogP contribution < -0.4 is 13.7 Å². The van der Waals surface area contributed by atoms with Gasteiger partial charge in [0.15, 0.2) is 23.0 Å². The van der Waals surface area contributed by atoms with E-state index in [2.05, 4.69) is 4.18 Å². The van der Waals surface area contributed by atoms with Crippen LogP contribution in [0.15, 0.2) is 36.4 Å². The van der Waals surface area contributed by atoms with Crippen LogP contribution in [0.1, 0.15) is 23.3 Å². The largest absolute Gasteiger partial charge is 0.504 e. The van der Waals surface area contributed by atoms with Crippen molar-refractivity contribution in [2.75, 3.05) is 27.4 Å². The van der Waals surface area contributed by atoms with Crippen LogP contribution in [0.4, 0.5) is 0 Å². The molecule has 2 aliphatic rings. The molecule has 162 valence electrons. The summed E-state index contributed by atoms with van der Waals surface area (Å²) < 4.78 is 58.0. The molecule has 0 aliphatic carbocycles. The molecular formula is C20H22O9S. The molecule has 0 radical (unpaired) electrons. The van der Waals surface area contributed by atoms with Gasteiger partial charge >= 0.3 is 10.4 Å². The maximum Gasteiger partial charge on any atom is 0.446 e. The fraction of sp³-hybridized carbons (Fsp3) is 0.400. The highest BCUT2D eigenvalue weighted by Crippen LogP contribution is 2.51. The lowest BCUT2D eigenvalue weighted by molar-refractivity contribution is 0.0191. The Morgan fingerprint density at radius 2 is 1.40 bits per heavy atom. The number of phenolic OH excluding ortho intramolecular Hbond substituents is 1. The minimum Gasteiger partial charge on any atom is -0.504 e. The molecule has 0 aromatic heterocycles. The maximum absolute atomic E-state index is 11.0. The third kappa shape index (κ3) is 3.91. The van der Waals surface area contributed by atoms with Crippen molar-refractivity contribution < 1.29 is 41.2 Å². The molecule has 2 N–H and O–H groups in total. The summed E-state index contributed by atoms with van der Waals surface area (Å²) in [5.74, 6) is 0.674. The van der Waals surface area contributed by atoms with Crippen LogP contribution in [-0.2, 0) is 19.9 Å². The Bertz CT molecular complexity index is 1040. The number of methoxy groups -OCH3 is 2. The summed E-state index contributed by atoms with van der Waals surface area (Å²) in [6.07, 6.45) is -0.466. The predicted molar refractivity (Wildman–Crippen MR) is 104 cm³/mol. The number of fused-ring (bicyclic) bond motifs is 1. The summed E-state index contributed by atoms with van der Waals surface area (Å²) in [5.41, 5.74) is 1.69. The zero-order valence-electron chi connectivity index (χ0n) is 16.3. The lowest BCUT2D eigenvalue weighted by atomic mass is 9.85. The topological polar surface area (TPSA) is 121 Å². The Labute approximate surface area is 174 Å². The average molecular weight is 438 g/mol. The average Bonchev–Trinajstić information content (AvgIpc) is 3.30. The summed E-state index contributed by atoms with van der Waals surface area (Å²) in [7, 11) is -1.79. The molecule has 30 heavy (non-hydrogen) atoms. The molecule has 2 fully saturated rings. The van der Waals surface area contributed by atoms with Crippen molar-refractivity contribution >= 4 is 10.4 Å². The fourth-order valence-electron chi connectivity index (χ4n) is 4.15. The van der Waals surface area contributed by atoms with Gasteiger partial charge < -0.3 is 28.2 Å². The van der Waals surface area contributed by atoms with Crippen molar-refractivity contribution in [2.24, 2.45) is 11.8 Å². The molecule has 2 aromatic carbocycles. The minimum atomic E-state index is -4.66. The first kappa shape index (κ1) is 20.7. The van der Waals surface area contributed by atoms with Gasteiger partial charge in [-0.25, -0.2) is 0 Å². The van der Waals surface area contributed by atoms with Gasteiger partial charge in [-0.05, 0) is 35.4 Å². The second kappa shape index (κ2) is 7.95. The molecule has 4 atom stereocenters. The highest BCUT2D eigenvalue weighted by Gasteiger charge is 2.48. The molecule has 0 bridgehead atoms. The van der Waals surface area contributed by atoms with Crippen LogP contribution in [-0.4, -0.2) is 45.5 Å². The van der Waals surface area contributed by atoms with Crippen molar-refractivity contribution in [2.45, 2.75) is 12.2 Å². The summed E-state index contributed by atoms with van der Waals surface area (Å²) in [6.45, 7) is 0.962. The molecule has 0 unspecified atom stereocenters. The highest BCUT2D eigenvalue weighted by atomic mass is 32.3. The molecule has 9 nitrogen and oxygen atoms in total. The zero-order valence-corrected chi connectivity index (χ0v) is 17.2. The van der Waals surface area contributed by atoms with E-state index >= 15 is 0 Å². The van der Waals surface area contributed by atoms with Gasteiger partial charge in [-0.1, -0.05) is 12.1 Å². The summed E-state index contributed by atoms with van der Waals surface area (Å²) in [6, 6.07) is 9.87. The number of ether oxygens (including phenoxy) is 4. The van der Waals surface area contributed by atoms with E-state index in [1.54, 1.807) is 24.3 Å². The monoisotopic (exact) mass is 438 g/mol. The van der Waals surface area contributed by atoms with Gasteiger partial charge in [0.1, 0.15) is 0 Å². The number of benzene rings is 2. The predicted octanol–water partition coefficient (Wildman–Crippen LogP) is 2.67. The van der Waals surface area contributed by atoms with Crippen molar-refractivity contribution in [3.05, 3.63) is 47.5 Å². The van der Waals surface area contributed by atoms with E-state index < -0.39 is 10.4 Å². The molecule has 10 heteroatoms. The SMILES string of the molecule is COc1cc([C@H]2OC[C@H]3[C@@H]2CO[C@@H]3c2ccc(OS(=O)(=O)O)c(OC)c2)ccc1O. The van der Waals surface area contributed by atoms with Crippen LogP contribution in [0.25, 0.3) is 0 Å². The van der Waals surface area contributed by atoms with Gasteiger partial charge in [0.05, 0.1) is 39.6 Å². The second-order valence-electron chi connectivity index (χ2n) is 7.19. The zero-order chi connectivity index (χ0) is 21.5. The number of rotatable bonds is 6. The van der Waals surface area contributed by atoms with Crippen molar-refractivity contribution in [1.29, 1.82) is 0 Å². The first-order valence-electron chi connectivity index (χ1n) is 9.25. The third-order valence-corrected chi connectivity index (χ3v) is 5.90. The van der Waals surface area contributed by atoms with Crippen LogP contribution in [0.3, 0.4) is 0 Å². The van der Waals surface area contributed by atoms with Gasteiger partial charge in [-0.15, -0.1) is 0 Å². The molecule has 4 rings (SSSR count). The van der Waals surface area contributed by atoms with E-state index in [0.29, 0.717) is 19.0 Å². The molecule has 0 saturated carbocycles. The molecular weight excluding hydrogens is 416 g/mol. The lowest BCUT2D eigenvalue weighted by Gasteiger charge is -2.18. The highest BCUT2D eigenvalue weighted by molar-refractivity contribution is 7.81. The molecule has 2 saturated heterocycles. The fourth-order valence-corrected chi connectivity index (χ4v) is 4.51. The molecule has 2 aromatic rings. The van der Waals surface area contributed by atoms with E-state index in [-0.39, 0.29) is 41.3 Å². The van der Waals surface area contributed by atoms with Crippen LogP contribution in [0, 0.1) is 11.8 Å². The summed E-state index contributed by atoms with van der Waals surface area (Å²) in [4.78, 5) is 0. The van der Waals surface area contributed by atoms with Gasteiger partial charge in [-0.3, -0.25) is 4.55 Å².